The molecule has 9 heteroatoms. The summed E-state index contributed by atoms with van der Waals surface area (Å²) in [6, 6.07) is 0.871. The molecule has 0 saturated carbocycles. The average Bonchev–Trinajstić information content (AvgIpc) is 2.72. The van der Waals surface area contributed by atoms with Crippen molar-refractivity contribution >= 4 is 6.09 Å². The maximum absolute atomic E-state index is 12.5. The summed E-state index contributed by atoms with van der Waals surface area (Å²) in [5.41, 5.74) is 1.47. The molecule has 94 valence electrons. The molecule has 1 fully saturated rings. The molecule has 1 aliphatic rings. The van der Waals surface area contributed by atoms with Gasteiger partial charge in [-0.1, -0.05) is 0 Å². The van der Waals surface area contributed by atoms with Crippen molar-refractivity contribution in [3.05, 3.63) is 17.5 Å². The molecule has 2 heterocycles. The van der Waals surface area contributed by atoms with Crippen molar-refractivity contribution in [3.63, 3.8) is 0 Å². The van der Waals surface area contributed by atoms with E-state index in [1.54, 1.807) is 0 Å². The quantitative estimate of drug-likeness (QED) is 0.808. The number of hydroxylamine groups is 1. The zero-order valence-corrected chi connectivity index (χ0v) is 8.95. The number of nitrogens with one attached hydrogen (secondary N) is 1. The second-order valence-corrected chi connectivity index (χ2v) is 3.58. The van der Waals surface area contributed by atoms with Crippen LogP contribution in [0.5, 0.6) is 0 Å². The zero-order chi connectivity index (χ0) is 12.8. The van der Waals surface area contributed by atoms with Crippen LogP contribution in [0.2, 0.25) is 0 Å². The Kier molecular flexibility index (Phi) is 2.49. The van der Waals surface area contributed by atoms with Crippen molar-refractivity contribution in [2.75, 3.05) is 7.05 Å². The van der Waals surface area contributed by atoms with Gasteiger partial charge in [-0.3, -0.25) is 9.58 Å². The van der Waals surface area contributed by atoms with Gasteiger partial charge in [0.05, 0.1) is 0 Å². The van der Waals surface area contributed by atoms with Crippen LogP contribution < -0.4 is 5.48 Å². The Morgan fingerprint density at radius 1 is 1.47 bits per heavy atom. The van der Waals surface area contributed by atoms with Crippen molar-refractivity contribution in [1.29, 1.82) is 0 Å². The van der Waals surface area contributed by atoms with Crippen LogP contribution in [-0.4, -0.2) is 27.8 Å². The van der Waals surface area contributed by atoms with Crippen LogP contribution in [-0.2, 0) is 18.1 Å². The minimum atomic E-state index is -4.48. The molecule has 1 amide bonds. The van der Waals surface area contributed by atoms with Gasteiger partial charge in [0.15, 0.2) is 6.17 Å². The van der Waals surface area contributed by atoms with E-state index in [4.69, 9.17) is 0 Å². The summed E-state index contributed by atoms with van der Waals surface area (Å²) in [6.07, 6.45) is -5.97. The first-order valence-corrected chi connectivity index (χ1v) is 4.61. The predicted molar refractivity (Wildman–Crippen MR) is 48.3 cm³/mol. The fourth-order valence-electron chi connectivity index (χ4n) is 1.51. The van der Waals surface area contributed by atoms with E-state index in [-0.39, 0.29) is 5.69 Å². The van der Waals surface area contributed by atoms with E-state index in [1.807, 2.05) is 0 Å². The van der Waals surface area contributed by atoms with Gasteiger partial charge in [-0.05, 0) is 6.07 Å². The number of hydrogen-bond acceptors (Lipinski definition) is 4. The van der Waals surface area contributed by atoms with E-state index in [1.165, 1.54) is 14.1 Å². The van der Waals surface area contributed by atoms with Gasteiger partial charge >= 0.3 is 12.3 Å². The predicted octanol–water partition coefficient (Wildman–Crippen LogP) is 1.02. The number of carbonyl (C=O) groups is 1. The Balaban J connectivity index is 2.33. The molecule has 6 nitrogen and oxygen atoms in total. The van der Waals surface area contributed by atoms with Gasteiger partial charge in [0, 0.05) is 14.1 Å². The van der Waals surface area contributed by atoms with E-state index in [0.717, 1.165) is 11.0 Å². The van der Waals surface area contributed by atoms with Crippen molar-refractivity contribution in [3.8, 4) is 0 Å². The van der Waals surface area contributed by atoms with Crippen molar-refractivity contribution < 1.29 is 22.8 Å². The van der Waals surface area contributed by atoms with Crippen LogP contribution in [0.1, 0.15) is 17.6 Å². The number of carbonyl (C=O) groups excluding carboxylic acids is 1. The van der Waals surface area contributed by atoms with E-state index in [0.29, 0.717) is 4.68 Å². The maximum atomic E-state index is 12.5. The minimum Gasteiger partial charge on any atom is -0.351 e. The Morgan fingerprint density at radius 2 is 2.12 bits per heavy atom. The van der Waals surface area contributed by atoms with E-state index < -0.39 is 24.1 Å². The molecule has 0 spiro atoms. The van der Waals surface area contributed by atoms with E-state index in [9.17, 15) is 18.0 Å². The lowest BCUT2D eigenvalue weighted by molar-refractivity contribution is -0.143. The molecule has 1 aliphatic heterocycles. The number of aromatic nitrogens is 2. The molecule has 1 saturated heterocycles. The molecule has 1 atom stereocenters. The number of nitrogens with zero attached hydrogens (tertiary/aromatic N) is 3. The van der Waals surface area contributed by atoms with Crippen LogP contribution in [0.4, 0.5) is 18.0 Å². The summed E-state index contributed by atoms with van der Waals surface area (Å²) in [6.45, 7) is 0. The molecular formula is C8H9F3N4O2. The van der Waals surface area contributed by atoms with Gasteiger partial charge in [0.2, 0.25) is 0 Å². The summed E-state index contributed by atoms with van der Waals surface area (Å²) in [5, 5.41) is 3.70. The van der Waals surface area contributed by atoms with Gasteiger partial charge in [0.25, 0.3) is 0 Å². The van der Waals surface area contributed by atoms with Crippen molar-refractivity contribution in [2.45, 2.75) is 12.3 Å². The number of halogens is 3. The van der Waals surface area contributed by atoms with Crippen LogP contribution in [0.25, 0.3) is 0 Å². The molecule has 1 aromatic heterocycles. The van der Waals surface area contributed by atoms with E-state index in [2.05, 4.69) is 15.4 Å². The highest BCUT2D eigenvalue weighted by Crippen LogP contribution is 2.31. The number of amides is 1. The van der Waals surface area contributed by atoms with Crippen LogP contribution in [0, 0.1) is 0 Å². The normalized spacial score (nSPS) is 20.9. The lowest BCUT2D eigenvalue weighted by atomic mass is 10.3. The van der Waals surface area contributed by atoms with Crippen LogP contribution in [0.3, 0.4) is 0 Å². The molecular weight excluding hydrogens is 241 g/mol. The largest absolute Gasteiger partial charge is 0.433 e. The molecule has 1 N–H and O–H groups in total. The highest BCUT2D eigenvalue weighted by molar-refractivity contribution is 5.69. The van der Waals surface area contributed by atoms with Gasteiger partial charge in [-0.25, -0.2) is 4.79 Å². The Labute approximate surface area is 93.9 Å². The number of hydrogen-bond donors (Lipinski definition) is 1. The number of rotatable bonds is 1. The maximum Gasteiger partial charge on any atom is 0.433 e. The third-order valence-corrected chi connectivity index (χ3v) is 2.40. The summed E-state index contributed by atoms with van der Waals surface area (Å²) in [7, 11) is 2.58. The zero-order valence-electron chi connectivity index (χ0n) is 8.95. The van der Waals surface area contributed by atoms with Gasteiger partial charge in [-0.2, -0.15) is 18.3 Å². The summed E-state index contributed by atoms with van der Waals surface area (Å²) in [5.74, 6) is 0. The average molecular weight is 250 g/mol. The first-order chi connectivity index (χ1) is 7.80. The smallest absolute Gasteiger partial charge is 0.351 e. The molecule has 0 aromatic carbocycles. The van der Waals surface area contributed by atoms with Gasteiger partial charge in [0.1, 0.15) is 11.4 Å². The third kappa shape index (κ3) is 1.93. The molecule has 0 aliphatic carbocycles. The Hall–Kier alpha value is -1.77. The molecule has 0 bridgehead atoms. The molecule has 17 heavy (non-hydrogen) atoms. The summed E-state index contributed by atoms with van der Waals surface area (Å²) in [4.78, 5) is 16.6. The fraction of sp³-hybridized carbons (Fsp3) is 0.500. The van der Waals surface area contributed by atoms with Gasteiger partial charge < -0.3 is 4.84 Å². The summed E-state index contributed by atoms with van der Waals surface area (Å²) < 4.78 is 38.3. The third-order valence-electron chi connectivity index (χ3n) is 2.40. The second-order valence-electron chi connectivity index (χ2n) is 3.58. The molecule has 2 rings (SSSR count). The SMILES string of the molecule is CN1C(=O)ONC1c1cc(C(F)(F)F)n(C)n1. The number of aryl methyl sites for hydroxylation is 1. The fourth-order valence-corrected chi connectivity index (χ4v) is 1.51. The molecule has 1 unspecified atom stereocenters. The topological polar surface area (TPSA) is 59.4 Å². The highest BCUT2D eigenvalue weighted by atomic mass is 19.4. The van der Waals surface area contributed by atoms with Crippen molar-refractivity contribution in [1.82, 2.24) is 20.2 Å². The Bertz CT molecular complexity index is 456. The van der Waals surface area contributed by atoms with E-state index >= 15 is 0 Å². The molecule has 1 aromatic rings. The lowest BCUT2D eigenvalue weighted by Gasteiger charge is -2.12. The van der Waals surface area contributed by atoms with Crippen molar-refractivity contribution in [2.24, 2.45) is 7.05 Å². The monoisotopic (exact) mass is 250 g/mol. The number of alkyl halides is 3. The standard InChI is InChI=1S/C8H9F3N4O2/c1-14-6(13-17-7(14)16)4-3-5(8(9,10)11)15(2)12-4/h3,6,13H,1-2H3. The first kappa shape index (κ1) is 11.7. The minimum absolute atomic E-state index is 0.0631. The lowest BCUT2D eigenvalue weighted by Crippen LogP contribution is -2.25. The Morgan fingerprint density at radius 3 is 2.53 bits per heavy atom. The summed E-state index contributed by atoms with van der Waals surface area (Å²) >= 11 is 0. The second kappa shape index (κ2) is 3.62. The van der Waals surface area contributed by atoms with Crippen LogP contribution >= 0.6 is 0 Å². The highest BCUT2D eigenvalue weighted by Gasteiger charge is 2.38. The first-order valence-electron chi connectivity index (χ1n) is 4.61. The van der Waals surface area contributed by atoms with Crippen LogP contribution in [0.15, 0.2) is 6.07 Å². The van der Waals surface area contributed by atoms with Gasteiger partial charge in [-0.15, -0.1) is 5.48 Å². The molecule has 0 radical (unpaired) electrons.